The van der Waals surface area contributed by atoms with Crippen molar-refractivity contribution in [1.29, 1.82) is 0 Å². The topological polar surface area (TPSA) is 51.6 Å². The van der Waals surface area contributed by atoms with Gasteiger partial charge in [0.1, 0.15) is 16.0 Å². The first-order valence-corrected chi connectivity index (χ1v) is 13.9. The minimum absolute atomic E-state index is 0.925. The molecule has 0 radical (unpaired) electrons. The number of thiazole rings is 1. The number of benzene rings is 5. The van der Waals surface area contributed by atoms with Crippen LogP contribution in [-0.2, 0) is 0 Å². The molecule has 0 spiro atoms. The number of hydrogen-bond acceptors (Lipinski definition) is 6. The van der Waals surface area contributed by atoms with Crippen LogP contribution in [0.15, 0.2) is 109 Å². The first-order chi connectivity index (χ1) is 18.8. The van der Waals surface area contributed by atoms with Crippen LogP contribution in [0, 0.1) is 0 Å². The van der Waals surface area contributed by atoms with Crippen molar-refractivity contribution < 1.29 is 0 Å². The first kappa shape index (κ1) is 21.6. The molecule has 38 heavy (non-hydrogen) atoms. The summed E-state index contributed by atoms with van der Waals surface area (Å²) in [5.41, 5.74) is 9.41. The number of nitrogens with zero attached hydrogens (tertiary/aromatic N) is 4. The molecule has 4 nitrogen and oxygen atoms in total. The van der Waals surface area contributed by atoms with Crippen LogP contribution in [0.25, 0.3) is 75.9 Å². The number of hydrogen-bond donors (Lipinski definition) is 0. The highest BCUT2D eigenvalue weighted by molar-refractivity contribution is 7.21. The third kappa shape index (κ3) is 3.42. The van der Waals surface area contributed by atoms with Crippen molar-refractivity contribution in [3.8, 4) is 33.0 Å². The number of aromatic nitrogens is 4. The maximum atomic E-state index is 5.08. The van der Waals surface area contributed by atoms with Crippen LogP contribution in [0.5, 0.6) is 0 Å². The van der Waals surface area contributed by atoms with Gasteiger partial charge in [-0.2, -0.15) is 8.75 Å². The molecule has 0 aliphatic carbocycles. The monoisotopic (exact) mass is 522 g/mol. The first-order valence-electron chi connectivity index (χ1n) is 12.3. The lowest BCUT2D eigenvalue weighted by Crippen LogP contribution is -1.91. The quantitative estimate of drug-likeness (QED) is 0.217. The van der Waals surface area contributed by atoms with E-state index in [9.17, 15) is 0 Å². The van der Waals surface area contributed by atoms with Crippen molar-refractivity contribution in [2.45, 2.75) is 0 Å². The fraction of sp³-hybridized carbons (Fsp3) is 0. The van der Waals surface area contributed by atoms with E-state index in [0.717, 1.165) is 60.1 Å². The van der Waals surface area contributed by atoms with E-state index in [1.807, 2.05) is 18.2 Å². The van der Waals surface area contributed by atoms with Crippen LogP contribution >= 0.6 is 23.1 Å². The fourth-order valence-corrected chi connectivity index (χ4v) is 6.64. The molecule has 6 heteroatoms. The van der Waals surface area contributed by atoms with Crippen molar-refractivity contribution in [2.24, 2.45) is 0 Å². The Morgan fingerprint density at radius 1 is 0.474 bits per heavy atom. The molecule has 8 aromatic rings. The van der Waals surface area contributed by atoms with E-state index in [4.69, 9.17) is 9.97 Å². The van der Waals surface area contributed by atoms with Crippen LogP contribution in [0.4, 0.5) is 0 Å². The zero-order valence-electron chi connectivity index (χ0n) is 20.0. The Bertz CT molecular complexity index is 2090. The molecule has 3 aromatic heterocycles. The van der Waals surface area contributed by atoms with Crippen molar-refractivity contribution in [3.63, 3.8) is 0 Å². The lowest BCUT2D eigenvalue weighted by Gasteiger charge is -2.11. The van der Waals surface area contributed by atoms with Crippen LogP contribution in [0.2, 0.25) is 0 Å². The van der Waals surface area contributed by atoms with Gasteiger partial charge in [-0.15, -0.1) is 11.3 Å². The van der Waals surface area contributed by atoms with E-state index in [0.29, 0.717) is 0 Å². The summed E-state index contributed by atoms with van der Waals surface area (Å²) >= 11 is 2.98. The van der Waals surface area contributed by atoms with Gasteiger partial charge >= 0.3 is 0 Å². The minimum Gasteiger partial charge on any atom is -0.247 e. The molecule has 8 rings (SSSR count). The molecule has 0 aliphatic rings. The molecule has 3 heterocycles. The number of fused-ring (bicyclic) bond motifs is 6. The molecule has 0 unspecified atom stereocenters. The molecule has 0 saturated heterocycles. The predicted octanol–water partition coefficient (Wildman–Crippen LogP) is 9.00. The summed E-state index contributed by atoms with van der Waals surface area (Å²) in [6, 6.07) is 38.1. The van der Waals surface area contributed by atoms with Gasteiger partial charge in [-0.05, 0) is 41.5 Å². The Kier molecular flexibility index (Phi) is 4.83. The zero-order valence-corrected chi connectivity index (χ0v) is 21.6. The standard InChI is InChI=1S/C32H18N4S2/c1-2-6-25-23(5-1)29-24(17-18-27-31(29)36-38-35-27)30(33-25)21-13-9-19(10-14-21)20-11-15-22(16-12-20)32-34-26-7-3-4-8-28(26)37-32/h1-18H. The molecule has 0 N–H and O–H groups in total. The highest BCUT2D eigenvalue weighted by Crippen LogP contribution is 2.37. The molecule has 5 aromatic carbocycles. The van der Waals surface area contributed by atoms with Crippen molar-refractivity contribution in [1.82, 2.24) is 18.7 Å². The van der Waals surface area contributed by atoms with Gasteiger partial charge in [-0.25, -0.2) is 9.97 Å². The molecule has 0 fully saturated rings. The second-order valence-corrected chi connectivity index (χ2v) is 10.8. The predicted molar refractivity (Wildman–Crippen MR) is 160 cm³/mol. The maximum Gasteiger partial charge on any atom is 0.124 e. The van der Waals surface area contributed by atoms with Crippen LogP contribution in [0.1, 0.15) is 0 Å². The third-order valence-electron chi connectivity index (χ3n) is 7.01. The SMILES string of the molecule is c1ccc2sc(-c3ccc(-c4ccc(-c5nc6ccccc6c6c5ccc5nsnc56)cc4)cc3)nc2c1. The lowest BCUT2D eigenvalue weighted by molar-refractivity contribution is 1.43. The summed E-state index contributed by atoms with van der Waals surface area (Å²) in [4.78, 5) is 9.88. The number of rotatable bonds is 3. The van der Waals surface area contributed by atoms with E-state index >= 15 is 0 Å². The molecule has 0 atom stereocenters. The van der Waals surface area contributed by atoms with Crippen molar-refractivity contribution >= 4 is 66.0 Å². The highest BCUT2D eigenvalue weighted by atomic mass is 32.1. The summed E-state index contributed by atoms with van der Waals surface area (Å²) in [5, 5.41) is 4.37. The van der Waals surface area contributed by atoms with E-state index in [1.54, 1.807) is 11.3 Å². The van der Waals surface area contributed by atoms with Crippen LogP contribution in [0.3, 0.4) is 0 Å². The van der Waals surface area contributed by atoms with E-state index in [-0.39, 0.29) is 0 Å². The molecule has 178 valence electrons. The number of para-hydroxylation sites is 2. The Morgan fingerprint density at radius 3 is 1.95 bits per heavy atom. The molecular weight excluding hydrogens is 505 g/mol. The van der Waals surface area contributed by atoms with Gasteiger partial charge in [0, 0.05) is 27.3 Å². The average molecular weight is 523 g/mol. The summed E-state index contributed by atoms with van der Waals surface area (Å²) in [5.74, 6) is 0. The van der Waals surface area contributed by atoms with Gasteiger partial charge in [0.15, 0.2) is 0 Å². The summed E-state index contributed by atoms with van der Waals surface area (Å²) in [6.45, 7) is 0. The molecule has 0 saturated carbocycles. The van der Waals surface area contributed by atoms with Crippen LogP contribution in [-0.4, -0.2) is 18.7 Å². The largest absolute Gasteiger partial charge is 0.247 e. The van der Waals surface area contributed by atoms with E-state index in [2.05, 4.69) is 99.7 Å². The maximum absolute atomic E-state index is 5.08. The molecule has 0 bridgehead atoms. The Hall–Kier alpha value is -4.52. The Labute approximate surface area is 226 Å². The van der Waals surface area contributed by atoms with Crippen molar-refractivity contribution in [2.75, 3.05) is 0 Å². The van der Waals surface area contributed by atoms with Gasteiger partial charge in [0.25, 0.3) is 0 Å². The smallest absolute Gasteiger partial charge is 0.124 e. The molecule has 0 aliphatic heterocycles. The van der Waals surface area contributed by atoms with Crippen LogP contribution < -0.4 is 0 Å². The molecule has 0 amide bonds. The summed E-state index contributed by atoms with van der Waals surface area (Å²) in [7, 11) is 0. The second-order valence-electron chi connectivity index (χ2n) is 9.24. The summed E-state index contributed by atoms with van der Waals surface area (Å²) in [6.07, 6.45) is 0. The highest BCUT2D eigenvalue weighted by Gasteiger charge is 2.15. The van der Waals surface area contributed by atoms with Gasteiger partial charge in [0.2, 0.25) is 0 Å². The number of pyridine rings is 1. The van der Waals surface area contributed by atoms with E-state index in [1.165, 1.54) is 27.6 Å². The molecular formula is C32H18N4S2. The second kappa shape index (κ2) is 8.52. The zero-order chi connectivity index (χ0) is 25.1. The van der Waals surface area contributed by atoms with Gasteiger partial charge in [-0.1, -0.05) is 78.9 Å². The Morgan fingerprint density at radius 2 is 1.16 bits per heavy atom. The lowest BCUT2D eigenvalue weighted by atomic mass is 9.97. The Balaban J connectivity index is 1.19. The van der Waals surface area contributed by atoms with Gasteiger partial charge < -0.3 is 0 Å². The third-order valence-corrected chi connectivity index (χ3v) is 8.63. The average Bonchev–Trinajstić information content (AvgIpc) is 3.64. The van der Waals surface area contributed by atoms with Gasteiger partial charge in [-0.3, -0.25) is 0 Å². The van der Waals surface area contributed by atoms with Gasteiger partial charge in [0.05, 0.1) is 33.2 Å². The fourth-order valence-electron chi connectivity index (χ4n) is 5.13. The summed E-state index contributed by atoms with van der Waals surface area (Å²) < 4.78 is 10.3. The van der Waals surface area contributed by atoms with E-state index < -0.39 is 0 Å². The normalized spacial score (nSPS) is 11.7. The van der Waals surface area contributed by atoms with Crippen molar-refractivity contribution in [3.05, 3.63) is 109 Å². The minimum atomic E-state index is 0.925.